The number of hydrogen-bond acceptors (Lipinski definition) is 4. The standard InChI is InChI=1S/C14H25N3O2S/c1-6-15-13-9-12(7-8-16-13)20(18,19)17-10-14(4,5)11(2)3/h7-9,11,17H,6,10H2,1-5H3,(H,15,16). The fourth-order valence-electron chi connectivity index (χ4n) is 1.42. The number of aromatic nitrogens is 1. The second kappa shape index (κ2) is 6.54. The highest BCUT2D eigenvalue weighted by Gasteiger charge is 2.25. The van der Waals surface area contributed by atoms with E-state index in [-0.39, 0.29) is 10.3 Å². The highest BCUT2D eigenvalue weighted by molar-refractivity contribution is 7.89. The van der Waals surface area contributed by atoms with Crippen molar-refractivity contribution in [3.8, 4) is 0 Å². The van der Waals surface area contributed by atoms with Crippen molar-refractivity contribution in [2.45, 2.75) is 39.5 Å². The first kappa shape index (κ1) is 16.9. The molecule has 0 aliphatic rings. The molecule has 0 radical (unpaired) electrons. The number of rotatable bonds is 7. The zero-order valence-corrected chi connectivity index (χ0v) is 13.7. The number of nitrogens with zero attached hydrogens (tertiary/aromatic N) is 1. The molecular weight excluding hydrogens is 274 g/mol. The molecule has 6 heteroatoms. The van der Waals surface area contributed by atoms with E-state index in [2.05, 4.69) is 42.7 Å². The van der Waals surface area contributed by atoms with Gasteiger partial charge in [-0.3, -0.25) is 0 Å². The lowest BCUT2D eigenvalue weighted by Gasteiger charge is -2.29. The van der Waals surface area contributed by atoms with Gasteiger partial charge < -0.3 is 5.32 Å². The molecule has 2 N–H and O–H groups in total. The Kier molecular flexibility index (Phi) is 5.53. The van der Waals surface area contributed by atoms with E-state index in [1.807, 2.05) is 6.92 Å². The number of pyridine rings is 1. The lowest BCUT2D eigenvalue weighted by Crippen LogP contribution is -2.37. The van der Waals surface area contributed by atoms with Crippen molar-refractivity contribution in [1.29, 1.82) is 0 Å². The third-order valence-electron chi connectivity index (χ3n) is 3.68. The quantitative estimate of drug-likeness (QED) is 0.811. The van der Waals surface area contributed by atoms with Gasteiger partial charge in [0.2, 0.25) is 10.0 Å². The number of sulfonamides is 1. The third kappa shape index (κ3) is 4.45. The van der Waals surface area contributed by atoms with Crippen molar-refractivity contribution in [3.05, 3.63) is 18.3 Å². The molecule has 0 bridgehead atoms. The maximum atomic E-state index is 12.3. The van der Waals surface area contributed by atoms with Crippen molar-refractivity contribution in [3.63, 3.8) is 0 Å². The summed E-state index contributed by atoms with van der Waals surface area (Å²) in [5.74, 6) is 0.957. The molecule has 1 aromatic heterocycles. The van der Waals surface area contributed by atoms with Crippen LogP contribution in [0.4, 0.5) is 5.82 Å². The predicted molar refractivity (Wildman–Crippen MR) is 82.2 cm³/mol. The van der Waals surface area contributed by atoms with Gasteiger partial charge in [-0.15, -0.1) is 0 Å². The minimum absolute atomic E-state index is 0.0927. The van der Waals surface area contributed by atoms with Crippen LogP contribution in [0.5, 0.6) is 0 Å². The SMILES string of the molecule is CCNc1cc(S(=O)(=O)NCC(C)(C)C(C)C)ccn1. The van der Waals surface area contributed by atoms with Gasteiger partial charge in [-0.2, -0.15) is 0 Å². The Morgan fingerprint density at radius 1 is 1.35 bits per heavy atom. The number of anilines is 1. The van der Waals surface area contributed by atoms with Gasteiger partial charge in [0.1, 0.15) is 5.82 Å². The Morgan fingerprint density at radius 3 is 2.55 bits per heavy atom. The van der Waals surface area contributed by atoms with Crippen molar-refractivity contribution >= 4 is 15.8 Å². The first-order chi connectivity index (χ1) is 9.19. The van der Waals surface area contributed by atoms with Gasteiger partial charge in [-0.25, -0.2) is 18.1 Å². The fourth-order valence-corrected chi connectivity index (χ4v) is 2.66. The lowest BCUT2D eigenvalue weighted by atomic mass is 9.81. The predicted octanol–water partition coefficient (Wildman–Crippen LogP) is 2.47. The second-order valence-electron chi connectivity index (χ2n) is 5.87. The summed E-state index contributed by atoms with van der Waals surface area (Å²) in [5.41, 5.74) is -0.0927. The van der Waals surface area contributed by atoms with E-state index in [4.69, 9.17) is 0 Å². The number of nitrogens with one attached hydrogen (secondary N) is 2. The molecule has 5 nitrogen and oxygen atoms in total. The molecule has 0 saturated carbocycles. The van der Waals surface area contributed by atoms with Gasteiger partial charge in [0.15, 0.2) is 0 Å². The molecule has 1 rings (SSSR count). The molecule has 1 aromatic rings. The van der Waals surface area contributed by atoms with E-state index >= 15 is 0 Å². The maximum Gasteiger partial charge on any atom is 0.240 e. The third-order valence-corrected chi connectivity index (χ3v) is 5.08. The van der Waals surface area contributed by atoms with Crippen LogP contribution in [0.2, 0.25) is 0 Å². The van der Waals surface area contributed by atoms with Gasteiger partial charge in [-0.1, -0.05) is 27.7 Å². The van der Waals surface area contributed by atoms with E-state index in [0.717, 1.165) is 0 Å². The first-order valence-electron chi connectivity index (χ1n) is 6.88. The molecule has 0 fully saturated rings. The van der Waals surface area contributed by atoms with Crippen LogP contribution in [0.25, 0.3) is 0 Å². The molecule has 1 heterocycles. The van der Waals surface area contributed by atoms with Crippen LogP contribution in [0, 0.1) is 11.3 Å². The van der Waals surface area contributed by atoms with E-state index in [0.29, 0.717) is 24.8 Å². The van der Waals surface area contributed by atoms with Crippen molar-refractivity contribution in [2.24, 2.45) is 11.3 Å². The summed E-state index contributed by atoms with van der Waals surface area (Å²) in [5, 5.41) is 3.01. The van der Waals surface area contributed by atoms with Crippen LogP contribution < -0.4 is 10.0 Å². The van der Waals surface area contributed by atoms with Gasteiger partial charge in [0.25, 0.3) is 0 Å². The summed E-state index contributed by atoms with van der Waals surface area (Å²) in [4.78, 5) is 4.32. The van der Waals surface area contributed by atoms with E-state index in [1.165, 1.54) is 12.3 Å². The van der Waals surface area contributed by atoms with Crippen LogP contribution in [0.3, 0.4) is 0 Å². The summed E-state index contributed by atoms with van der Waals surface area (Å²) < 4.78 is 27.3. The normalized spacial score (nSPS) is 12.7. The zero-order valence-electron chi connectivity index (χ0n) is 12.9. The highest BCUT2D eigenvalue weighted by Crippen LogP contribution is 2.25. The van der Waals surface area contributed by atoms with E-state index in [1.54, 1.807) is 6.07 Å². The molecular formula is C14H25N3O2S. The largest absolute Gasteiger partial charge is 0.370 e. The number of hydrogen-bond donors (Lipinski definition) is 2. The molecule has 0 amide bonds. The van der Waals surface area contributed by atoms with Gasteiger partial charge in [-0.05, 0) is 24.3 Å². The molecule has 20 heavy (non-hydrogen) atoms. The van der Waals surface area contributed by atoms with Crippen LogP contribution >= 0.6 is 0 Å². The lowest BCUT2D eigenvalue weighted by molar-refractivity contribution is 0.252. The Labute approximate surface area is 122 Å². The summed E-state index contributed by atoms with van der Waals surface area (Å²) >= 11 is 0. The smallest absolute Gasteiger partial charge is 0.240 e. The first-order valence-corrected chi connectivity index (χ1v) is 8.37. The van der Waals surface area contributed by atoms with Crippen LogP contribution in [-0.2, 0) is 10.0 Å². The van der Waals surface area contributed by atoms with Gasteiger partial charge in [0.05, 0.1) is 4.90 Å². The fraction of sp³-hybridized carbons (Fsp3) is 0.643. The van der Waals surface area contributed by atoms with E-state index in [9.17, 15) is 8.42 Å². The summed E-state index contributed by atoms with van der Waals surface area (Å²) in [7, 11) is -3.50. The Morgan fingerprint density at radius 2 is 2.00 bits per heavy atom. The molecule has 0 unspecified atom stereocenters. The average molecular weight is 299 g/mol. The highest BCUT2D eigenvalue weighted by atomic mass is 32.2. The average Bonchev–Trinajstić information content (AvgIpc) is 2.37. The molecule has 0 atom stereocenters. The summed E-state index contributed by atoms with van der Waals surface area (Å²) in [6.07, 6.45) is 1.50. The summed E-state index contributed by atoms with van der Waals surface area (Å²) in [6.45, 7) is 11.3. The maximum absolute atomic E-state index is 12.3. The van der Waals surface area contributed by atoms with Crippen LogP contribution in [0.1, 0.15) is 34.6 Å². The Hall–Kier alpha value is -1.14. The second-order valence-corrected chi connectivity index (χ2v) is 7.64. The molecule has 0 aliphatic carbocycles. The van der Waals surface area contributed by atoms with Crippen LogP contribution in [-0.4, -0.2) is 26.5 Å². The zero-order chi connectivity index (χ0) is 15.4. The van der Waals surface area contributed by atoms with Crippen molar-refractivity contribution in [1.82, 2.24) is 9.71 Å². The van der Waals surface area contributed by atoms with Gasteiger partial charge in [0, 0.05) is 25.4 Å². The molecule has 0 aliphatic heterocycles. The molecule has 0 saturated heterocycles. The molecule has 0 aromatic carbocycles. The van der Waals surface area contributed by atoms with E-state index < -0.39 is 10.0 Å². The molecule has 114 valence electrons. The molecule has 0 spiro atoms. The summed E-state index contributed by atoms with van der Waals surface area (Å²) in [6, 6.07) is 3.06. The van der Waals surface area contributed by atoms with Gasteiger partial charge >= 0.3 is 0 Å². The van der Waals surface area contributed by atoms with Crippen LogP contribution in [0.15, 0.2) is 23.2 Å². The minimum atomic E-state index is -3.50. The van der Waals surface area contributed by atoms with Crippen molar-refractivity contribution < 1.29 is 8.42 Å². The topological polar surface area (TPSA) is 71.1 Å². The Balaban J connectivity index is 2.86. The minimum Gasteiger partial charge on any atom is -0.370 e. The monoisotopic (exact) mass is 299 g/mol. The Bertz CT molecular complexity index is 539. The van der Waals surface area contributed by atoms with Crippen molar-refractivity contribution in [2.75, 3.05) is 18.4 Å².